The molecule has 1 aromatic carbocycles. The first-order valence-electron chi connectivity index (χ1n) is 6.60. The van der Waals surface area contributed by atoms with E-state index in [-0.39, 0.29) is 16.6 Å². The normalized spacial score (nSPS) is 15.8. The van der Waals surface area contributed by atoms with Crippen LogP contribution in [-0.4, -0.2) is 13.3 Å². The Kier molecular flexibility index (Phi) is 5.35. The second kappa shape index (κ2) is 6.10. The Balaban J connectivity index is 2.89. The molecule has 1 N–H and O–H groups in total. The molecular weight excluding hydrogens is 292 g/mol. The highest BCUT2D eigenvalue weighted by Gasteiger charge is 2.27. The van der Waals surface area contributed by atoms with Gasteiger partial charge in [-0.2, -0.15) is 4.21 Å². The van der Waals surface area contributed by atoms with Gasteiger partial charge in [-0.05, 0) is 22.8 Å². The van der Waals surface area contributed by atoms with Crippen molar-refractivity contribution in [1.29, 1.82) is 0 Å². The molecule has 20 heavy (non-hydrogen) atoms. The molecule has 1 aromatic rings. The van der Waals surface area contributed by atoms with E-state index >= 15 is 0 Å². The largest absolute Gasteiger partial charge is 0.712 e. The maximum absolute atomic E-state index is 10.7. The molecule has 1 atom stereocenters. The molecule has 114 valence electrons. The Hall–Kier alpha value is -0.490. The van der Waals surface area contributed by atoms with Crippen molar-refractivity contribution in [2.45, 2.75) is 52.2 Å². The summed E-state index contributed by atoms with van der Waals surface area (Å²) in [5, 5.41) is 0. The van der Waals surface area contributed by atoms with Crippen LogP contribution < -0.4 is 0 Å². The van der Waals surface area contributed by atoms with E-state index < -0.39 is 9.05 Å². The third kappa shape index (κ3) is 6.31. The molecule has 0 saturated carbocycles. The topological polar surface area (TPSA) is 60.4 Å². The highest BCUT2D eigenvalue weighted by molar-refractivity contribution is 8.33. The summed E-state index contributed by atoms with van der Waals surface area (Å²) in [6.07, 6.45) is 1.07. The molecule has 0 aliphatic carbocycles. The van der Waals surface area contributed by atoms with Crippen molar-refractivity contribution in [1.82, 2.24) is 0 Å². The molecule has 0 saturated heterocycles. The van der Waals surface area contributed by atoms with Crippen LogP contribution in [0, 0.1) is 5.41 Å². The third-order valence-corrected chi connectivity index (χ3v) is 5.08. The maximum atomic E-state index is 10.7. The maximum Gasteiger partial charge on any atom is 0.257 e. The number of rotatable bonds is 4. The van der Waals surface area contributed by atoms with E-state index in [0.29, 0.717) is 10.3 Å². The van der Waals surface area contributed by atoms with Gasteiger partial charge >= 0.3 is 0 Å². The summed E-state index contributed by atoms with van der Waals surface area (Å²) in [6.45, 7) is 11.1. The van der Waals surface area contributed by atoms with Gasteiger partial charge in [0.05, 0.1) is 0 Å². The van der Waals surface area contributed by atoms with Crippen LogP contribution >= 0.6 is 0 Å². The second-order valence-electron chi connectivity index (χ2n) is 7.01. The fourth-order valence-corrected chi connectivity index (χ4v) is 3.96. The first-order chi connectivity index (χ1) is 8.89. The lowest BCUT2D eigenvalue weighted by Gasteiger charge is -2.33. The van der Waals surface area contributed by atoms with E-state index in [1.807, 2.05) is 24.3 Å². The fraction of sp³-hybridized carbons (Fsp3) is 0.600. The van der Waals surface area contributed by atoms with Crippen molar-refractivity contribution < 1.29 is 13.3 Å². The van der Waals surface area contributed by atoms with Crippen molar-refractivity contribution in [2.75, 3.05) is 0 Å². The quantitative estimate of drug-likeness (QED) is 0.860. The summed E-state index contributed by atoms with van der Waals surface area (Å²) >= 11 is 0. The lowest BCUT2D eigenvalue weighted by Crippen LogP contribution is -2.24. The molecule has 0 heterocycles. The van der Waals surface area contributed by atoms with E-state index in [1.54, 1.807) is 0 Å². The van der Waals surface area contributed by atoms with Crippen LogP contribution in [0.4, 0.5) is 0 Å². The number of hydrogen-bond donors (Lipinski definition) is 1. The van der Waals surface area contributed by atoms with Crippen molar-refractivity contribution in [3.63, 3.8) is 0 Å². The summed E-state index contributed by atoms with van der Waals surface area (Å²) in [6, 6.07) is 7.95. The minimum Gasteiger partial charge on any atom is -0.712 e. The SMILES string of the molecule is CC(C)(C)CC(C)(C)c1ccc(C[S+]=S(=O)([O-])O)cc1. The van der Waals surface area contributed by atoms with Gasteiger partial charge in [-0.1, -0.05) is 58.9 Å². The van der Waals surface area contributed by atoms with Gasteiger partial charge in [-0.3, -0.25) is 4.55 Å². The predicted octanol–water partition coefficient (Wildman–Crippen LogP) is 3.79. The average Bonchev–Trinajstić information content (AvgIpc) is 2.22. The van der Waals surface area contributed by atoms with Crippen molar-refractivity contribution in [3.8, 4) is 0 Å². The van der Waals surface area contributed by atoms with Crippen molar-refractivity contribution >= 4 is 19.4 Å². The third-order valence-electron chi connectivity index (χ3n) is 3.08. The Labute approximate surface area is 126 Å². The average molecular weight is 316 g/mol. The minimum absolute atomic E-state index is 0.0764. The summed E-state index contributed by atoms with van der Waals surface area (Å²) in [5.74, 6) is 0.263. The molecule has 3 nitrogen and oxygen atoms in total. The van der Waals surface area contributed by atoms with Gasteiger partial charge in [0.15, 0.2) is 0 Å². The van der Waals surface area contributed by atoms with Crippen molar-refractivity contribution in [2.24, 2.45) is 5.41 Å². The lowest BCUT2D eigenvalue weighted by molar-refractivity contribution is 0.284. The summed E-state index contributed by atoms with van der Waals surface area (Å²) < 4.78 is 30.1. The summed E-state index contributed by atoms with van der Waals surface area (Å²) in [4.78, 5) is 0. The van der Waals surface area contributed by atoms with Crippen LogP contribution in [0.5, 0.6) is 0 Å². The number of hydrogen-bond acceptors (Lipinski definition) is 2. The zero-order valence-corrected chi connectivity index (χ0v) is 14.4. The standard InChI is InChI=1S/C15H24O3S2/c1-14(2,3)11-15(4,5)13-8-6-12(7-9-13)10-19-20(16,17)18/h6-9H,10-11H2,1-5H3,(H-,16,17,18). The molecule has 0 fully saturated rings. The predicted molar refractivity (Wildman–Crippen MR) is 86.2 cm³/mol. The van der Waals surface area contributed by atoms with Gasteiger partial charge in [-0.25, -0.2) is 0 Å². The van der Waals surface area contributed by atoms with E-state index in [0.717, 1.165) is 12.0 Å². The van der Waals surface area contributed by atoms with E-state index in [2.05, 4.69) is 34.6 Å². The molecule has 0 aromatic heterocycles. The molecule has 0 aliphatic rings. The van der Waals surface area contributed by atoms with Crippen LogP contribution in [0.25, 0.3) is 0 Å². The Morgan fingerprint density at radius 3 is 2.05 bits per heavy atom. The second-order valence-corrected chi connectivity index (χ2v) is 10.4. The Bertz CT molecular complexity index is 552. The zero-order valence-electron chi connectivity index (χ0n) is 12.8. The molecule has 0 aliphatic heterocycles. The van der Waals surface area contributed by atoms with Gasteiger partial charge in [0.1, 0.15) is 0 Å². The molecule has 1 rings (SSSR count). The van der Waals surface area contributed by atoms with Gasteiger partial charge < -0.3 is 4.55 Å². The van der Waals surface area contributed by atoms with Crippen LogP contribution in [0.3, 0.4) is 0 Å². The van der Waals surface area contributed by atoms with Crippen LogP contribution in [0.15, 0.2) is 24.3 Å². The van der Waals surface area contributed by atoms with Crippen molar-refractivity contribution in [3.05, 3.63) is 35.4 Å². The van der Waals surface area contributed by atoms with Crippen LogP contribution in [0.2, 0.25) is 0 Å². The van der Waals surface area contributed by atoms with E-state index in [1.165, 1.54) is 5.56 Å². The monoisotopic (exact) mass is 316 g/mol. The minimum atomic E-state index is -3.97. The molecule has 0 amide bonds. The molecule has 1 unspecified atom stereocenters. The molecule has 0 bridgehead atoms. The van der Waals surface area contributed by atoms with Crippen LogP contribution in [-0.2, 0) is 30.5 Å². The van der Waals surface area contributed by atoms with Crippen LogP contribution in [0.1, 0.15) is 52.2 Å². The smallest absolute Gasteiger partial charge is 0.257 e. The summed E-state index contributed by atoms with van der Waals surface area (Å²) in [7, 11) is -3.43. The molecule has 0 radical (unpaired) electrons. The van der Waals surface area contributed by atoms with E-state index in [4.69, 9.17) is 4.55 Å². The Morgan fingerprint density at radius 1 is 1.15 bits per heavy atom. The zero-order chi connectivity index (χ0) is 15.6. The molecule has 0 spiro atoms. The highest BCUT2D eigenvalue weighted by Crippen LogP contribution is 2.36. The summed E-state index contributed by atoms with van der Waals surface area (Å²) in [5.41, 5.74) is 2.46. The number of benzene rings is 1. The highest BCUT2D eigenvalue weighted by atomic mass is 32.9. The first-order valence-corrected chi connectivity index (χ1v) is 9.55. The van der Waals surface area contributed by atoms with Gasteiger partial charge in [0, 0.05) is 5.56 Å². The molecular formula is C15H24O3S2. The fourth-order valence-electron chi connectivity index (χ4n) is 2.62. The van der Waals surface area contributed by atoms with E-state index in [9.17, 15) is 8.76 Å². The first kappa shape index (κ1) is 17.6. The lowest BCUT2D eigenvalue weighted by atomic mass is 9.72. The van der Waals surface area contributed by atoms with Gasteiger partial charge in [0.2, 0.25) is 5.75 Å². The van der Waals surface area contributed by atoms with Gasteiger partial charge in [-0.15, -0.1) is 0 Å². The van der Waals surface area contributed by atoms with Gasteiger partial charge in [0.25, 0.3) is 19.4 Å². The Morgan fingerprint density at radius 2 is 1.65 bits per heavy atom. The molecule has 5 heteroatoms.